The first kappa shape index (κ1) is 19.5. The summed E-state index contributed by atoms with van der Waals surface area (Å²) in [7, 11) is 1.44. The zero-order chi connectivity index (χ0) is 20.8. The predicted octanol–water partition coefficient (Wildman–Crippen LogP) is 3.20. The van der Waals surface area contributed by atoms with Gasteiger partial charge in [0.1, 0.15) is 12.1 Å². The van der Waals surface area contributed by atoms with E-state index in [1.807, 2.05) is 19.1 Å². The summed E-state index contributed by atoms with van der Waals surface area (Å²) in [4.78, 5) is 31.2. The number of nitro groups is 1. The number of hydrogen-bond acceptors (Lipinski definition) is 8. The van der Waals surface area contributed by atoms with Crippen molar-refractivity contribution in [2.24, 2.45) is 0 Å². The number of para-hydroxylation sites is 1. The lowest BCUT2D eigenvalue weighted by molar-refractivity contribution is -0.383. The summed E-state index contributed by atoms with van der Waals surface area (Å²) in [5.41, 5.74) is 6.41. The molecule has 0 atom stereocenters. The molecule has 0 unspecified atom stereocenters. The Hall–Kier alpha value is -4.21. The van der Waals surface area contributed by atoms with Gasteiger partial charge in [-0.2, -0.15) is 0 Å². The highest BCUT2D eigenvalue weighted by Gasteiger charge is 2.24. The highest BCUT2D eigenvalue weighted by Crippen LogP contribution is 2.30. The highest BCUT2D eigenvalue weighted by atomic mass is 16.6. The lowest BCUT2D eigenvalue weighted by Crippen LogP contribution is -2.30. The number of rotatable bonds is 7. The number of anilines is 3. The van der Waals surface area contributed by atoms with E-state index in [0.29, 0.717) is 11.4 Å². The number of aromatic nitrogens is 2. The Morgan fingerprint density at radius 2 is 1.76 bits per heavy atom. The van der Waals surface area contributed by atoms with Crippen molar-refractivity contribution in [3.8, 4) is 5.75 Å². The highest BCUT2D eigenvalue weighted by molar-refractivity contribution is 5.97. The largest absolute Gasteiger partial charge is 0.496 e. The Morgan fingerprint density at radius 3 is 2.45 bits per heavy atom. The fourth-order valence-corrected chi connectivity index (χ4v) is 2.52. The predicted molar refractivity (Wildman–Crippen MR) is 107 cm³/mol. The van der Waals surface area contributed by atoms with Crippen LogP contribution in [-0.2, 0) is 0 Å². The summed E-state index contributed by atoms with van der Waals surface area (Å²) in [6.45, 7) is 1.93. The molecule has 0 saturated carbocycles. The topological polar surface area (TPSA) is 131 Å². The van der Waals surface area contributed by atoms with Crippen LogP contribution in [0.1, 0.15) is 15.9 Å². The number of nitrogens with one attached hydrogen (secondary N) is 3. The van der Waals surface area contributed by atoms with Crippen LogP contribution in [0.4, 0.5) is 23.0 Å². The normalized spacial score (nSPS) is 10.1. The molecule has 10 nitrogen and oxygen atoms in total. The summed E-state index contributed by atoms with van der Waals surface area (Å²) < 4.78 is 5.14. The van der Waals surface area contributed by atoms with Gasteiger partial charge in [0, 0.05) is 5.69 Å². The van der Waals surface area contributed by atoms with Crippen molar-refractivity contribution in [2.75, 3.05) is 17.9 Å². The van der Waals surface area contributed by atoms with Crippen molar-refractivity contribution in [1.82, 2.24) is 15.4 Å². The molecule has 3 rings (SSSR count). The van der Waals surface area contributed by atoms with Gasteiger partial charge in [0.15, 0.2) is 0 Å². The third-order valence-corrected chi connectivity index (χ3v) is 3.97. The Kier molecular flexibility index (Phi) is 5.83. The molecule has 0 fully saturated rings. The molecule has 3 N–H and O–H groups in total. The first-order valence-corrected chi connectivity index (χ1v) is 8.52. The van der Waals surface area contributed by atoms with Gasteiger partial charge in [-0.25, -0.2) is 9.97 Å². The van der Waals surface area contributed by atoms with Crippen molar-refractivity contribution < 1.29 is 14.5 Å². The summed E-state index contributed by atoms with van der Waals surface area (Å²) in [5, 5.41) is 14.5. The van der Waals surface area contributed by atoms with Gasteiger partial charge in [0.25, 0.3) is 5.91 Å². The zero-order valence-corrected chi connectivity index (χ0v) is 15.7. The van der Waals surface area contributed by atoms with Crippen LogP contribution >= 0.6 is 0 Å². The number of aryl methyl sites for hydroxylation is 1. The van der Waals surface area contributed by atoms with Crippen molar-refractivity contribution in [3.05, 3.63) is 76.1 Å². The standard InChI is InChI=1S/C19H18N6O4/c1-12-7-9-13(10-8-12)22-17-16(25(27)28)18(21-11-20-17)23-24-19(26)14-5-3-4-6-15(14)29-2/h3-11H,1-2H3,(H,24,26)(H2,20,21,22,23). The fourth-order valence-electron chi connectivity index (χ4n) is 2.52. The minimum atomic E-state index is -0.631. The van der Waals surface area contributed by atoms with E-state index in [4.69, 9.17) is 4.74 Å². The van der Waals surface area contributed by atoms with E-state index in [2.05, 4.69) is 26.1 Å². The Labute approximate surface area is 166 Å². The number of nitrogens with zero attached hydrogens (tertiary/aromatic N) is 3. The molecule has 2 aromatic carbocycles. The summed E-state index contributed by atoms with van der Waals surface area (Å²) in [5.74, 6) is -0.347. The molecule has 10 heteroatoms. The van der Waals surface area contributed by atoms with Crippen LogP contribution < -0.4 is 20.9 Å². The number of amides is 1. The second kappa shape index (κ2) is 8.65. The van der Waals surface area contributed by atoms with Crippen LogP contribution in [0.25, 0.3) is 0 Å². The monoisotopic (exact) mass is 394 g/mol. The Bertz CT molecular complexity index is 1040. The third-order valence-electron chi connectivity index (χ3n) is 3.97. The van der Waals surface area contributed by atoms with Gasteiger partial charge in [-0.1, -0.05) is 29.8 Å². The van der Waals surface area contributed by atoms with Crippen molar-refractivity contribution in [3.63, 3.8) is 0 Å². The quantitative estimate of drug-likeness (QED) is 0.411. The molecule has 1 heterocycles. The number of hydrogen-bond donors (Lipinski definition) is 3. The zero-order valence-electron chi connectivity index (χ0n) is 15.7. The molecule has 0 bridgehead atoms. The first-order valence-electron chi connectivity index (χ1n) is 8.52. The maximum absolute atomic E-state index is 12.4. The second-order valence-electron chi connectivity index (χ2n) is 5.95. The van der Waals surface area contributed by atoms with E-state index in [1.54, 1.807) is 36.4 Å². The van der Waals surface area contributed by atoms with Crippen LogP contribution in [0, 0.1) is 17.0 Å². The maximum Gasteiger partial charge on any atom is 0.355 e. The number of hydrazine groups is 1. The molecule has 0 aliphatic heterocycles. The van der Waals surface area contributed by atoms with Crippen LogP contribution in [0.5, 0.6) is 5.75 Å². The molecule has 0 spiro atoms. The molecule has 0 radical (unpaired) electrons. The van der Waals surface area contributed by atoms with E-state index >= 15 is 0 Å². The molecule has 0 aliphatic rings. The van der Waals surface area contributed by atoms with Gasteiger partial charge in [-0.3, -0.25) is 25.8 Å². The van der Waals surface area contributed by atoms with Crippen molar-refractivity contribution in [2.45, 2.75) is 6.92 Å². The Morgan fingerprint density at radius 1 is 1.07 bits per heavy atom. The lowest BCUT2D eigenvalue weighted by atomic mass is 10.2. The van der Waals surface area contributed by atoms with Gasteiger partial charge in [0.05, 0.1) is 17.6 Å². The number of methoxy groups -OCH3 is 1. The first-order chi connectivity index (χ1) is 14.0. The molecular formula is C19H18N6O4. The molecule has 1 aromatic heterocycles. The van der Waals surface area contributed by atoms with E-state index in [0.717, 1.165) is 11.9 Å². The number of carbonyl (C=O) groups is 1. The second-order valence-corrected chi connectivity index (χ2v) is 5.95. The summed E-state index contributed by atoms with van der Waals surface area (Å²) in [6.07, 6.45) is 1.15. The van der Waals surface area contributed by atoms with Gasteiger partial charge >= 0.3 is 5.69 Å². The average molecular weight is 394 g/mol. The van der Waals surface area contributed by atoms with Gasteiger partial charge in [-0.15, -0.1) is 0 Å². The minimum absolute atomic E-state index is 0.0112. The van der Waals surface area contributed by atoms with Crippen LogP contribution in [-0.4, -0.2) is 27.9 Å². The Balaban J connectivity index is 1.83. The minimum Gasteiger partial charge on any atom is -0.496 e. The van der Waals surface area contributed by atoms with Gasteiger partial charge in [-0.05, 0) is 31.2 Å². The summed E-state index contributed by atoms with van der Waals surface area (Å²) in [6, 6.07) is 13.9. The average Bonchev–Trinajstić information content (AvgIpc) is 2.73. The molecular weight excluding hydrogens is 376 g/mol. The summed E-state index contributed by atoms with van der Waals surface area (Å²) >= 11 is 0. The molecule has 1 amide bonds. The molecule has 0 saturated heterocycles. The van der Waals surface area contributed by atoms with Gasteiger partial charge < -0.3 is 10.1 Å². The van der Waals surface area contributed by atoms with Crippen LogP contribution in [0.2, 0.25) is 0 Å². The fraction of sp³-hybridized carbons (Fsp3) is 0.105. The van der Waals surface area contributed by atoms with Crippen molar-refractivity contribution >= 4 is 28.9 Å². The third kappa shape index (κ3) is 4.56. The maximum atomic E-state index is 12.4. The smallest absolute Gasteiger partial charge is 0.355 e. The van der Waals surface area contributed by atoms with E-state index in [-0.39, 0.29) is 17.2 Å². The molecule has 0 aliphatic carbocycles. The molecule has 29 heavy (non-hydrogen) atoms. The van der Waals surface area contributed by atoms with E-state index in [9.17, 15) is 14.9 Å². The molecule has 148 valence electrons. The van der Waals surface area contributed by atoms with E-state index < -0.39 is 16.5 Å². The van der Waals surface area contributed by atoms with Gasteiger partial charge in [0.2, 0.25) is 11.6 Å². The van der Waals surface area contributed by atoms with Crippen molar-refractivity contribution in [1.29, 1.82) is 0 Å². The number of benzene rings is 2. The molecule has 3 aromatic rings. The SMILES string of the molecule is COc1ccccc1C(=O)NNc1ncnc(Nc2ccc(C)cc2)c1[N+](=O)[O-]. The number of ether oxygens (including phenoxy) is 1. The van der Waals surface area contributed by atoms with E-state index in [1.165, 1.54) is 7.11 Å². The van der Waals surface area contributed by atoms with Crippen LogP contribution in [0.15, 0.2) is 54.9 Å². The van der Waals surface area contributed by atoms with Crippen LogP contribution in [0.3, 0.4) is 0 Å². The lowest BCUT2D eigenvalue weighted by Gasteiger charge is -2.12. The number of carbonyl (C=O) groups excluding carboxylic acids is 1.